The first-order valence-corrected chi connectivity index (χ1v) is 7.25. The van der Waals surface area contributed by atoms with E-state index in [9.17, 15) is 4.79 Å². The molecule has 0 amide bonds. The monoisotopic (exact) mass is 324 g/mol. The van der Waals surface area contributed by atoms with Gasteiger partial charge in [0.2, 0.25) is 0 Å². The van der Waals surface area contributed by atoms with E-state index in [0.717, 1.165) is 17.0 Å². The van der Waals surface area contributed by atoms with Crippen LogP contribution in [-0.4, -0.2) is 25.2 Å². The minimum Gasteiger partial charge on any atom is -0.497 e. The van der Waals surface area contributed by atoms with Crippen LogP contribution >= 0.6 is 0 Å². The fraction of sp³-hybridized carbons (Fsp3) is 0.111. The molecule has 1 heterocycles. The van der Waals surface area contributed by atoms with E-state index in [1.54, 1.807) is 37.6 Å². The van der Waals surface area contributed by atoms with Crippen LogP contribution in [0.4, 0.5) is 11.7 Å². The Hall–Kier alpha value is -3.28. The first-order chi connectivity index (χ1) is 11.7. The Labute approximate surface area is 139 Å². The van der Waals surface area contributed by atoms with E-state index in [0.29, 0.717) is 17.3 Å². The van der Waals surface area contributed by atoms with Gasteiger partial charge in [0, 0.05) is 17.3 Å². The summed E-state index contributed by atoms with van der Waals surface area (Å²) in [6, 6.07) is 14.7. The Bertz CT molecular complexity index is 840. The third-order valence-electron chi connectivity index (χ3n) is 3.42. The lowest BCUT2D eigenvalue weighted by molar-refractivity contribution is 0.0600. The van der Waals surface area contributed by atoms with E-state index in [4.69, 9.17) is 9.15 Å². The van der Waals surface area contributed by atoms with E-state index in [-0.39, 0.29) is 5.97 Å². The molecule has 0 atom stereocenters. The molecule has 0 fully saturated rings. The highest BCUT2D eigenvalue weighted by atomic mass is 16.5. The predicted molar refractivity (Wildman–Crippen MR) is 89.6 cm³/mol. The first kappa shape index (κ1) is 15.6. The lowest BCUT2D eigenvalue weighted by atomic mass is 10.1. The highest BCUT2D eigenvalue weighted by Crippen LogP contribution is 2.26. The minimum atomic E-state index is -0.375. The van der Waals surface area contributed by atoms with E-state index < -0.39 is 0 Å². The molecular weight excluding hydrogens is 308 g/mol. The molecule has 0 radical (unpaired) electrons. The Morgan fingerprint density at radius 2 is 1.92 bits per heavy atom. The van der Waals surface area contributed by atoms with Crippen LogP contribution in [0.2, 0.25) is 0 Å². The van der Waals surface area contributed by atoms with Gasteiger partial charge in [-0.05, 0) is 24.3 Å². The molecule has 3 aromatic rings. The van der Waals surface area contributed by atoms with Crippen molar-refractivity contribution in [3.63, 3.8) is 0 Å². The molecule has 0 aliphatic heterocycles. The molecule has 122 valence electrons. The van der Waals surface area contributed by atoms with Gasteiger partial charge in [0.05, 0.1) is 26.0 Å². The second kappa shape index (κ2) is 6.87. The molecule has 6 nitrogen and oxygen atoms in total. The topological polar surface area (TPSA) is 73.6 Å². The molecule has 1 aromatic heterocycles. The van der Waals surface area contributed by atoms with Gasteiger partial charge in [-0.2, -0.15) is 0 Å². The minimum absolute atomic E-state index is 0.371. The van der Waals surface area contributed by atoms with Crippen LogP contribution in [0, 0.1) is 0 Å². The number of carbonyl (C=O) groups excluding carboxylic acids is 1. The molecular formula is C18H16N2O4. The number of anilines is 2. The maximum atomic E-state index is 11.4. The largest absolute Gasteiger partial charge is 0.497 e. The molecule has 0 aliphatic rings. The van der Waals surface area contributed by atoms with E-state index in [2.05, 4.69) is 15.0 Å². The first-order valence-electron chi connectivity index (χ1n) is 7.25. The smallest absolute Gasteiger partial charge is 0.337 e. The number of esters is 1. The summed E-state index contributed by atoms with van der Waals surface area (Å²) in [7, 11) is 2.96. The van der Waals surface area contributed by atoms with E-state index in [1.165, 1.54) is 7.11 Å². The lowest BCUT2D eigenvalue weighted by Crippen LogP contribution is -2.00. The maximum Gasteiger partial charge on any atom is 0.337 e. The summed E-state index contributed by atoms with van der Waals surface area (Å²) in [5.41, 5.74) is 2.10. The third-order valence-corrected chi connectivity index (χ3v) is 3.42. The highest BCUT2D eigenvalue weighted by Gasteiger charge is 2.09. The van der Waals surface area contributed by atoms with Crippen LogP contribution in [0.3, 0.4) is 0 Å². The van der Waals surface area contributed by atoms with Crippen LogP contribution in [-0.2, 0) is 4.74 Å². The number of hydrogen-bond acceptors (Lipinski definition) is 6. The predicted octanol–water partition coefficient (Wildman–Crippen LogP) is 3.88. The summed E-state index contributed by atoms with van der Waals surface area (Å²) < 4.78 is 15.5. The van der Waals surface area contributed by atoms with Crippen LogP contribution in [0.1, 0.15) is 10.4 Å². The van der Waals surface area contributed by atoms with E-state index in [1.807, 2.05) is 24.3 Å². The second-order valence-electron chi connectivity index (χ2n) is 4.96. The van der Waals surface area contributed by atoms with Crippen LogP contribution in [0.15, 0.2) is 59.1 Å². The Morgan fingerprint density at radius 1 is 1.12 bits per heavy atom. The van der Waals surface area contributed by atoms with Crippen LogP contribution in [0.25, 0.3) is 11.3 Å². The molecule has 0 unspecified atom stereocenters. The Morgan fingerprint density at radius 3 is 2.62 bits per heavy atom. The van der Waals surface area contributed by atoms with Crippen molar-refractivity contribution >= 4 is 17.7 Å². The van der Waals surface area contributed by atoms with Crippen molar-refractivity contribution in [2.75, 3.05) is 19.5 Å². The summed E-state index contributed by atoms with van der Waals surface area (Å²) in [6.07, 6.45) is 1.62. The zero-order valence-electron chi connectivity index (χ0n) is 13.3. The fourth-order valence-electron chi connectivity index (χ4n) is 2.18. The number of ether oxygens (including phenoxy) is 2. The molecule has 24 heavy (non-hydrogen) atoms. The summed E-state index contributed by atoms with van der Waals surface area (Å²) >= 11 is 0. The Kier molecular flexibility index (Phi) is 4.47. The average molecular weight is 324 g/mol. The fourth-order valence-corrected chi connectivity index (χ4v) is 2.18. The van der Waals surface area contributed by atoms with Gasteiger partial charge in [-0.25, -0.2) is 9.78 Å². The van der Waals surface area contributed by atoms with Crippen LogP contribution in [0.5, 0.6) is 5.75 Å². The van der Waals surface area contributed by atoms with Crippen molar-refractivity contribution in [2.45, 2.75) is 0 Å². The number of methoxy groups -OCH3 is 2. The summed E-state index contributed by atoms with van der Waals surface area (Å²) in [5.74, 6) is 0.960. The van der Waals surface area contributed by atoms with Gasteiger partial charge in [0.1, 0.15) is 5.75 Å². The third kappa shape index (κ3) is 3.38. The zero-order chi connectivity index (χ0) is 16.9. The molecule has 0 spiro atoms. The number of oxazole rings is 1. The number of nitrogens with zero attached hydrogens (tertiary/aromatic N) is 1. The number of aromatic nitrogens is 1. The molecule has 6 heteroatoms. The van der Waals surface area contributed by atoms with Crippen LogP contribution < -0.4 is 10.1 Å². The van der Waals surface area contributed by atoms with Gasteiger partial charge >= 0.3 is 5.97 Å². The molecule has 2 aromatic carbocycles. The SMILES string of the molecule is COC(=O)c1ccc(-c2cnc(Nc3cccc(OC)c3)o2)cc1. The van der Waals surface area contributed by atoms with Gasteiger partial charge in [0.25, 0.3) is 6.01 Å². The van der Waals surface area contributed by atoms with Crippen molar-refractivity contribution in [2.24, 2.45) is 0 Å². The van der Waals surface area contributed by atoms with Crippen molar-refractivity contribution < 1.29 is 18.7 Å². The molecule has 0 saturated heterocycles. The number of rotatable bonds is 5. The van der Waals surface area contributed by atoms with Gasteiger partial charge in [-0.3, -0.25) is 0 Å². The zero-order valence-corrected chi connectivity index (χ0v) is 13.3. The molecule has 3 rings (SSSR count). The van der Waals surface area contributed by atoms with E-state index >= 15 is 0 Å². The normalized spacial score (nSPS) is 10.2. The van der Waals surface area contributed by atoms with Gasteiger partial charge in [-0.15, -0.1) is 0 Å². The Balaban J connectivity index is 1.76. The van der Waals surface area contributed by atoms with Crippen molar-refractivity contribution in [1.82, 2.24) is 4.98 Å². The van der Waals surface area contributed by atoms with Crippen molar-refractivity contribution in [1.29, 1.82) is 0 Å². The lowest BCUT2D eigenvalue weighted by Gasteiger charge is -2.04. The number of benzene rings is 2. The average Bonchev–Trinajstić information content (AvgIpc) is 3.09. The summed E-state index contributed by atoms with van der Waals surface area (Å²) in [4.78, 5) is 15.6. The summed E-state index contributed by atoms with van der Waals surface area (Å²) in [5, 5.41) is 3.08. The standard InChI is InChI=1S/C18H16N2O4/c1-22-15-5-3-4-14(10-15)20-18-19-11-16(24-18)12-6-8-13(9-7-12)17(21)23-2/h3-11H,1-2H3,(H,19,20). The molecule has 0 saturated carbocycles. The quantitative estimate of drug-likeness (QED) is 0.718. The van der Waals surface area contributed by atoms with Crippen molar-refractivity contribution in [3.05, 3.63) is 60.3 Å². The molecule has 1 N–H and O–H groups in total. The highest BCUT2D eigenvalue weighted by molar-refractivity contribution is 5.89. The summed E-state index contributed by atoms with van der Waals surface area (Å²) in [6.45, 7) is 0. The number of carbonyl (C=O) groups is 1. The number of hydrogen-bond donors (Lipinski definition) is 1. The number of nitrogens with one attached hydrogen (secondary N) is 1. The van der Waals surface area contributed by atoms with Gasteiger partial charge in [0.15, 0.2) is 5.76 Å². The maximum absolute atomic E-state index is 11.4. The van der Waals surface area contributed by atoms with Gasteiger partial charge < -0.3 is 19.2 Å². The molecule has 0 aliphatic carbocycles. The second-order valence-corrected chi connectivity index (χ2v) is 4.96. The van der Waals surface area contributed by atoms with Gasteiger partial charge in [-0.1, -0.05) is 18.2 Å². The molecule has 0 bridgehead atoms. The van der Waals surface area contributed by atoms with Crippen molar-refractivity contribution in [3.8, 4) is 17.1 Å².